The molecule has 2 aromatic carbocycles. The number of piperazine rings is 1. The van der Waals surface area contributed by atoms with Gasteiger partial charge in [0.1, 0.15) is 11.6 Å². The zero-order valence-corrected chi connectivity index (χ0v) is 22.5. The summed E-state index contributed by atoms with van der Waals surface area (Å²) in [7, 11) is -3.57. The van der Waals surface area contributed by atoms with Gasteiger partial charge in [-0.25, -0.2) is 23.1 Å². The van der Waals surface area contributed by atoms with Crippen molar-refractivity contribution in [1.29, 1.82) is 0 Å². The molecule has 0 N–H and O–H groups in total. The molecule has 1 atom stereocenters. The van der Waals surface area contributed by atoms with Crippen LogP contribution in [-0.2, 0) is 10.0 Å². The summed E-state index contributed by atoms with van der Waals surface area (Å²) in [6.45, 7) is 6.28. The summed E-state index contributed by atoms with van der Waals surface area (Å²) in [5.41, 5.74) is 1.79. The van der Waals surface area contributed by atoms with Crippen LogP contribution in [0.2, 0.25) is 0 Å². The minimum atomic E-state index is -3.57. The van der Waals surface area contributed by atoms with E-state index < -0.39 is 10.0 Å². The maximum atomic E-state index is 13.4. The topological polar surface area (TPSA) is 87.5 Å². The fraction of sp³-hybridized carbons (Fsp3) is 0.393. The number of hydrogen-bond donors (Lipinski definition) is 0. The summed E-state index contributed by atoms with van der Waals surface area (Å²) in [5, 5.41) is 5.30. The van der Waals surface area contributed by atoms with Gasteiger partial charge in [0.05, 0.1) is 22.1 Å². The van der Waals surface area contributed by atoms with Crippen LogP contribution in [0.1, 0.15) is 38.1 Å². The molecule has 0 bridgehead atoms. The normalized spacial score (nSPS) is 18.6. The Morgan fingerprint density at radius 1 is 0.816 bits per heavy atom. The Kier molecular flexibility index (Phi) is 6.86. The monoisotopic (exact) mass is 531 g/mol. The van der Waals surface area contributed by atoms with Crippen molar-refractivity contribution < 1.29 is 8.42 Å². The first-order chi connectivity index (χ1) is 18.5. The summed E-state index contributed by atoms with van der Waals surface area (Å²) in [4.78, 5) is 15.0. The van der Waals surface area contributed by atoms with Gasteiger partial charge in [0.25, 0.3) is 0 Å². The van der Waals surface area contributed by atoms with Crippen LogP contribution < -0.4 is 4.90 Å². The number of nitrogens with zero attached hydrogens (tertiary/aromatic N) is 7. The fourth-order valence-corrected chi connectivity index (χ4v) is 6.87. The number of benzene rings is 2. The Labute approximate surface area is 223 Å². The lowest BCUT2D eigenvalue weighted by atomic mass is 10.1. The van der Waals surface area contributed by atoms with Crippen LogP contribution in [0.3, 0.4) is 0 Å². The maximum absolute atomic E-state index is 13.4. The van der Waals surface area contributed by atoms with Crippen LogP contribution in [0, 0.1) is 0 Å². The molecule has 4 aromatic rings. The third-order valence-corrected chi connectivity index (χ3v) is 9.61. The first kappa shape index (κ1) is 25.0. The van der Waals surface area contributed by atoms with E-state index >= 15 is 0 Å². The van der Waals surface area contributed by atoms with E-state index in [0.717, 1.165) is 41.3 Å². The van der Waals surface area contributed by atoms with Crippen LogP contribution in [0.15, 0.2) is 71.9 Å². The lowest BCUT2D eigenvalue weighted by Gasteiger charge is -2.37. The molecular weight excluding hydrogens is 498 g/mol. The van der Waals surface area contributed by atoms with E-state index in [2.05, 4.69) is 34.0 Å². The molecule has 2 aliphatic heterocycles. The Balaban J connectivity index is 1.17. The van der Waals surface area contributed by atoms with E-state index in [1.54, 1.807) is 39.4 Å². The Hall–Kier alpha value is -3.34. The highest BCUT2D eigenvalue weighted by molar-refractivity contribution is 7.89. The molecule has 0 radical (unpaired) electrons. The van der Waals surface area contributed by atoms with E-state index in [1.807, 2.05) is 24.4 Å². The second-order valence-electron chi connectivity index (χ2n) is 10.0. The Morgan fingerprint density at radius 3 is 2.26 bits per heavy atom. The van der Waals surface area contributed by atoms with Gasteiger partial charge in [0.2, 0.25) is 10.0 Å². The molecule has 2 aromatic heterocycles. The number of aromatic nitrogens is 4. The molecule has 4 heterocycles. The van der Waals surface area contributed by atoms with E-state index in [4.69, 9.17) is 9.97 Å². The van der Waals surface area contributed by atoms with E-state index in [-0.39, 0.29) is 6.04 Å². The highest BCUT2D eigenvalue weighted by Crippen LogP contribution is 2.30. The quantitative estimate of drug-likeness (QED) is 0.373. The summed E-state index contributed by atoms with van der Waals surface area (Å²) in [5.74, 6) is 1.83. The first-order valence-electron chi connectivity index (χ1n) is 13.4. The molecule has 2 saturated heterocycles. The standard InChI is InChI=1S/C28H33N7O2S/c1-22(27-30-26-9-4-3-8-25(26)28(31-27)33-15-5-2-6-16-33)32-18-20-34(21-19-32)38(36,37)24-12-10-23(11-13-24)35-17-7-14-29-35/h3-4,7-14,17,22H,2,5-6,15-16,18-21H2,1H3/t22-/m1/s1. The molecule has 0 spiro atoms. The Morgan fingerprint density at radius 2 is 1.55 bits per heavy atom. The predicted octanol–water partition coefficient (Wildman–Crippen LogP) is 3.87. The minimum absolute atomic E-state index is 0.0126. The van der Waals surface area contributed by atoms with Crippen molar-refractivity contribution in [3.8, 4) is 5.69 Å². The van der Waals surface area contributed by atoms with Gasteiger partial charge in [0, 0.05) is 57.0 Å². The van der Waals surface area contributed by atoms with Crippen molar-refractivity contribution in [2.75, 3.05) is 44.2 Å². The van der Waals surface area contributed by atoms with Gasteiger partial charge >= 0.3 is 0 Å². The van der Waals surface area contributed by atoms with Crippen LogP contribution in [0.25, 0.3) is 16.6 Å². The van der Waals surface area contributed by atoms with E-state index in [0.29, 0.717) is 31.1 Å². The summed E-state index contributed by atoms with van der Waals surface area (Å²) >= 11 is 0. The largest absolute Gasteiger partial charge is 0.356 e. The molecule has 0 aliphatic carbocycles. The van der Waals surface area contributed by atoms with Crippen molar-refractivity contribution >= 4 is 26.7 Å². The molecule has 6 rings (SSSR count). The van der Waals surface area contributed by atoms with Crippen molar-refractivity contribution in [2.45, 2.75) is 37.1 Å². The molecule has 10 heteroatoms. The van der Waals surface area contributed by atoms with Gasteiger partial charge in [-0.15, -0.1) is 0 Å². The van der Waals surface area contributed by atoms with Crippen LogP contribution >= 0.6 is 0 Å². The second-order valence-corrected chi connectivity index (χ2v) is 12.0. The third kappa shape index (κ3) is 4.79. The number of anilines is 1. The predicted molar refractivity (Wildman–Crippen MR) is 148 cm³/mol. The SMILES string of the molecule is C[C@H](c1nc(N2CCCCC2)c2ccccc2n1)N1CCN(S(=O)(=O)c2ccc(-n3cccn3)cc2)CC1. The number of fused-ring (bicyclic) bond motifs is 1. The highest BCUT2D eigenvalue weighted by atomic mass is 32.2. The van der Waals surface area contributed by atoms with Gasteiger partial charge in [0.15, 0.2) is 0 Å². The molecule has 2 aliphatic rings. The molecule has 38 heavy (non-hydrogen) atoms. The van der Waals surface area contributed by atoms with Crippen LogP contribution in [-0.4, -0.2) is 76.6 Å². The molecule has 0 unspecified atom stereocenters. The van der Waals surface area contributed by atoms with Crippen LogP contribution in [0.4, 0.5) is 5.82 Å². The molecule has 2 fully saturated rings. The summed E-state index contributed by atoms with van der Waals surface area (Å²) < 4.78 is 30.0. The van der Waals surface area contributed by atoms with Crippen LogP contribution in [0.5, 0.6) is 0 Å². The van der Waals surface area contributed by atoms with Gasteiger partial charge < -0.3 is 4.90 Å². The number of hydrogen-bond acceptors (Lipinski definition) is 7. The average molecular weight is 532 g/mol. The van der Waals surface area contributed by atoms with Crippen molar-refractivity contribution in [1.82, 2.24) is 29.0 Å². The third-order valence-electron chi connectivity index (χ3n) is 7.69. The fourth-order valence-electron chi connectivity index (χ4n) is 5.45. The summed E-state index contributed by atoms with van der Waals surface area (Å²) in [6.07, 6.45) is 7.17. The lowest BCUT2D eigenvalue weighted by molar-refractivity contribution is 0.141. The lowest BCUT2D eigenvalue weighted by Crippen LogP contribution is -2.49. The molecular formula is C28H33N7O2S. The van der Waals surface area contributed by atoms with Crippen molar-refractivity contribution in [2.24, 2.45) is 0 Å². The van der Waals surface area contributed by atoms with Crippen molar-refractivity contribution in [3.05, 3.63) is 72.8 Å². The summed E-state index contributed by atoms with van der Waals surface area (Å²) in [6, 6.07) is 17.0. The molecule has 0 saturated carbocycles. The zero-order chi connectivity index (χ0) is 26.1. The number of sulfonamides is 1. The number of rotatable bonds is 6. The van der Waals surface area contributed by atoms with E-state index in [9.17, 15) is 8.42 Å². The average Bonchev–Trinajstić information content (AvgIpc) is 3.52. The Bertz CT molecular complexity index is 1490. The molecule has 0 amide bonds. The number of para-hydroxylation sites is 1. The maximum Gasteiger partial charge on any atom is 0.243 e. The van der Waals surface area contributed by atoms with Gasteiger partial charge in [-0.3, -0.25) is 4.90 Å². The smallest absolute Gasteiger partial charge is 0.243 e. The zero-order valence-electron chi connectivity index (χ0n) is 21.6. The first-order valence-corrected chi connectivity index (χ1v) is 14.8. The molecule has 198 valence electrons. The minimum Gasteiger partial charge on any atom is -0.356 e. The van der Waals surface area contributed by atoms with Gasteiger partial charge in [-0.2, -0.15) is 9.40 Å². The second kappa shape index (κ2) is 10.4. The molecule has 9 nitrogen and oxygen atoms in total. The van der Waals surface area contributed by atoms with Gasteiger partial charge in [-0.1, -0.05) is 12.1 Å². The highest BCUT2D eigenvalue weighted by Gasteiger charge is 2.31. The van der Waals surface area contributed by atoms with E-state index in [1.165, 1.54) is 19.3 Å². The van der Waals surface area contributed by atoms with Crippen molar-refractivity contribution in [3.63, 3.8) is 0 Å². The number of piperidine rings is 1. The van der Waals surface area contributed by atoms with Gasteiger partial charge in [-0.05, 0) is 68.7 Å².